The van der Waals surface area contributed by atoms with Crippen molar-refractivity contribution in [3.8, 4) is 6.07 Å². The number of hydrogen-bond donors (Lipinski definition) is 1. The number of fused-ring (bicyclic) bond motifs is 5. The zero-order valence-corrected chi connectivity index (χ0v) is 20.2. The van der Waals surface area contributed by atoms with Gasteiger partial charge in [-0.25, -0.2) is 0 Å². The monoisotopic (exact) mass is 439 g/mol. The summed E-state index contributed by atoms with van der Waals surface area (Å²) in [4.78, 5) is 0. The molecular formula is C27H41N3O2. The van der Waals surface area contributed by atoms with E-state index in [4.69, 9.17) is 4.74 Å². The van der Waals surface area contributed by atoms with E-state index in [1.165, 1.54) is 44.9 Å². The van der Waals surface area contributed by atoms with Crippen molar-refractivity contribution >= 4 is 0 Å². The van der Waals surface area contributed by atoms with Crippen LogP contribution in [0.25, 0.3) is 0 Å². The minimum absolute atomic E-state index is 0.429. The number of ether oxygens (including phenoxy) is 1. The van der Waals surface area contributed by atoms with Gasteiger partial charge in [0.15, 0.2) is 0 Å². The third-order valence-corrected chi connectivity index (χ3v) is 10.6. The summed E-state index contributed by atoms with van der Waals surface area (Å²) >= 11 is 0. The van der Waals surface area contributed by atoms with Crippen molar-refractivity contribution in [3.63, 3.8) is 0 Å². The standard InChI is InChI=1S/C27H41N3O2/c1-18(16-30-20(15-28)10-13-29-30)24-6-7-25-23-5-4-19-14-27(31,17-32-3)12-9-21(19)22(23)8-11-26(24,25)2/h10,13,18-19,21-25,31H,4-9,11-12,14,16-17H2,1-3H3/t18-,19+,21-,22+,23+,24+,25-,26+,27+/m0/s1. The first kappa shape index (κ1) is 22.4. The highest BCUT2D eigenvalue weighted by Gasteiger charge is 2.58. The molecule has 1 N–H and O–H groups in total. The molecule has 0 aromatic carbocycles. The lowest BCUT2D eigenvalue weighted by Gasteiger charge is -2.57. The summed E-state index contributed by atoms with van der Waals surface area (Å²) in [5.74, 6) is 5.36. The van der Waals surface area contributed by atoms with E-state index >= 15 is 0 Å². The summed E-state index contributed by atoms with van der Waals surface area (Å²) in [5, 5.41) is 24.8. The zero-order chi connectivity index (χ0) is 22.5. The lowest BCUT2D eigenvalue weighted by atomic mass is 9.48. The molecule has 0 unspecified atom stereocenters. The van der Waals surface area contributed by atoms with Crippen LogP contribution < -0.4 is 0 Å². The molecular weight excluding hydrogens is 398 g/mol. The molecule has 1 aromatic heterocycles. The molecule has 9 atom stereocenters. The van der Waals surface area contributed by atoms with Crippen molar-refractivity contribution in [2.75, 3.05) is 13.7 Å². The normalized spacial score (nSPS) is 44.2. The number of rotatable bonds is 5. The van der Waals surface area contributed by atoms with E-state index in [-0.39, 0.29) is 0 Å². The molecule has 5 nitrogen and oxygen atoms in total. The average Bonchev–Trinajstić information content (AvgIpc) is 3.36. The predicted molar refractivity (Wildman–Crippen MR) is 124 cm³/mol. The van der Waals surface area contributed by atoms with Gasteiger partial charge in [0.05, 0.1) is 18.4 Å². The Morgan fingerprint density at radius 3 is 2.78 bits per heavy atom. The maximum Gasteiger partial charge on any atom is 0.138 e. The summed E-state index contributed by atoms with van der Waals surface area (Å²) in [6.07, 6.45) is 12.9. The second-order valence-corrected chi connectivity index (χ2v) is 12.1. The summed E-state index contributed by atoms with van der Waals surface area (Å²) in [6.45, 7) is 6.34. The molecule has 0 saturated heterocycles. The van der Waals surface area contributed by atoms with Gasteiger partial charge in [-0.3, -0.25) is 4.68 Å². The van der Waals surface area contributed by atoms with Crippen LogP contribution in [0.4, 0.5) is 0 Å². The lowest BCUT2D eigenvalue weighted by Crippen LogP contribution is -2.52. The Hall–Kier alpha value is -1.38. The van der Waals surface area contributed by atoms with Crippen LogP contribution >= 0.6 is 0 Å². The summed E-state index contributed by atoms with van der Waals surface area (Å²) < 4.78 is 7.27. The average molecular weight is 440 g/mol. The lowest BCUT2D eigenvalue weighted by molar-refractivity contribution is -0.126. The van der Waals surface area contributed by atoms with Crippen LogP contribution in [-0.4, -0.2) is 34.2 Å². The van der Waals surface area contributed by atoms with Crippen molar-refractivity contribution < 1.29 is 9.84 Å². The van der Waals surface area contributed by atoms with E-state index in [1.807, 2.05) is 10.7 Å². The van der Waals surface area contributed by atoms with E-state index in [2.05, 4.69) is 25.0 Å². The number of methoxy groups -OCH3 is 1. The Morgan fingerprint density at radius 1 is 1.19 bits per heavy atom. The third kappa shape index (κ3) is 3.62. The quantitative estimate of drug-likeness (QED) is 0.698. The Morgan fingerprint density at radius 2 is 2.00 bits per heavy atom. The molecule has 5 rings (SSSR count). The van der Waals surface area contributed by atoms with Crippen molar-refractivity contribution in [2.45, 2.75) is 83.8 Å². The molecule has 0 bridgehead atoms. The van der Waals surface area contributed by atoms with Crippen molar-refractivity contribution in [1.82, 2.24) is 9.78 Å². The Balaban J connectivity index is 1.29. The molecule has 4 aliphatic rings. The summed E-state index contributed by atoms with van der Waals surface area (Å²) in [6, 6.07) is 4.12. The number of nitrogens with zero attached hydrogens (tertiary/aromatic N) is 3. The Labute approximate surface area is 193 Å². The van der Waals surface area contributed by atoms with Crippen LogP contribution in [0, 0.1) is 58.2 Å². The fraction of sp³-hybridized carbons (Fsp3) is 0.852. The van der Waals surface area contributed by atoms with Gasteiger partial charge < -0.3 is 9.84 Å². The number of aliphatic hydroxyl groups is 1. The molecule has 1 aromatic rings. The number of aromatic nitrogens is 2. The zero-order valence-electron chi connectivity index (χ0n) is 20.2. The molecule has 32 heavy (non-hydrogen) atoms. The predicted octanol–water partition coefficient (Wildman–Crippen LogP) is 5.04. The second kappa shape index (κ2) is 8.44. The van der Waals surface area contributed by atoms with E-state index in [0.29, 0.717) is 29.6 Å². The van der Waals surface area contributed by atoms with E-state index < -0.39 is 5.60 Å². The van der Waals surface area contributed by atoms with Gasteiger partial charge in [-0.2, -0.15) is 10.4 Å². The maximum atomic E-state index is 11.0. The van der Waals surface area contributed by atoms with E-state index in [1.54, 1.807) is 13.3 Å². The number of hydrogen-bond acceptors (Lipinski definition) is 4. The fourth-order valence-corrected chi connectivity index (χ4v) is 9.31. The van der Waals surface area contributed by atoms with E-state index in [0.717, 1.165) is 49.0 Å². The smallest absolute Gasteiger partial charge is 0.138 e. The molecule has 1 heterocycles. The van der Waals surface area contributed by atoms with Gasteiger partial charge in [-0.15, -0.1) is 0 Å². The van der Waals surface area contributed by atoms with Gasteiger partial charge in [-0.05, 0) is 111 Å². The SMILES string of the molecule is COC[C@@]1(O)CC[C@H]2[C@H](CC[C@@H]3[C@@H]2CC[C@]2(C)[C@@H]([C@@H](C)Cn4nccc4C#N)CC[C@@H]32)C1. The topological polar surface area (TPSA) is 71.1 Å². The molecule has 0 aliphatic heterocycles. The van der Waals surface area contributed by atoms with Gasteiger partial charge in [0.25, 0.3) is 0 Å². The number of nitriles is 1. The molecule has 0 amide bonds. The van der Waals surface area contributed by atoms with Crippen LogP contribution in [-0.2, 0) is 11.3 Å². The van der Waals surface area contributed by atoms with Crippen LogP contribution in [0.1, 0.15) is 77.3 Å². The molecule has 176 valence electrons. The van der Waals surface area contributed by atoms with Crippen LogP contribution in [0.2, 0.25) is 0 Å². The second-order valence-electron chi connectivity index (χ2n) is 12.1. The van der Waals surface area contributed by atoms with Crippen molar-refractivity contribution in [3.05, 3.63) is 18.0 Å². The molecule has 4 fully saturated rings. The van der Waals surface area contributed by atoms with Gasteiger partial charge in [-0.1, -0.05) is 13.8 Å². The van der Waals surface area contributed by atoms with Gasteiger partial charge in [0.1, 0.15) is 11.8 Å². The van der Waals surface area contributed by atoms with E-state index in [9.17, 15) is 10.4 Å². The van der Waals surface area contributed by atoms with Crippen LogP contribution in [0.5, 0.6) is 0 Å². The van der Waals surface area contributed by atoms with Crippen molar-refractivity contribution in [2.24, 2.45) is 46.8 Å². The molecule has 0 radical (unpaired) electrons. The Bertz CT molecular complexity index is 861. The van der Waals surface area contributed by atoms with Gasteiger partial charge in [0, 0.05) is 13.7 Å². The minimum atomic E-state index is -0.589. The van der Waals surface area contributed by atoms with Crippen molar-refractivity contribution in [1.29, 1.82) is 5.26 Å². The summed E-state index contributed by atoms with van der Waals surface area (Å²) in [5.41, 5.74) is 0.525. The molecule has 5 heteroatoms. The highest BCUT2D eigenvalue weighted by atomic mass is 16.5. The largest absolute Gasteiger partial charge is 0.387 e. The first-order valence-corrected chi connectivity index (χ1v) is 13.0. The fourth-order valence-electron chi connectivity index (χ4n) is 9.31. The maximum absolute atomic E-state index is 11.0. The summed E-state index contributed by atoms with van der Waals surface area (Å²) in [7, 11) is 1.72. The molecule has 0 spiro atoms. The molecule has 4 aliphatic carbocycles. The molecule has 4 saturated carbocycles. The first-order valence-electron chi connectivity index (χ1n) is 13.0. The minimum Gasteiger partial charge on any atom is -0.387 e. The van der Waals surface area contributed by atoms with Crippen LogP contribution in [0.15, 0.2) is 12.3 Å². The van der Waals surface area contributed by atoms with Gasteiger partial charge >= 0.3 is 0 Å². The highest BCUT2D eigenvalue weighted by molar-refractivity contribution is 5.18. The third-order valence-electron chi connectivity index (χ3n) is 10.6. The first-order chi connectivity index (χ1) is 15.4. The Kier molecular flexibility index (Phi) is 5.91. The van der Waals surface area contributed by atoms with Crippen LogP contribution in [0.3, 0.4) is 0 Å². The van der Waals surface area contributed by atoms with Gasteiger partial charge in [0.2, 0.25) is 0 Å². The highest BCUT2D eigenvalue weighted by Crippen LogP contribution is 2.65.